The maximum atomic E-state index is 13.5. The van der Waals surface area contributed by atoms with Crippen LogP contribution in [0.2, 0.25) is 0 Å². The lowest BCUT2D eigenvalue weighted by Gasteiger charge is -2.35. The van der Waals surface area contributed by atoms with Gasteiger partial charge in [-0.2, -0.15) is 0 Å². The van der Waals surface area contributed by atoms with E-state index in [1.54, 1.807) is 7.11 Å². The quantitative estimate of drug-likeness (QED) is 0.626. The first-order chi connectivity index (χ1) is 15.6. The summed E-state index contributed by atoms with van der Waals surface area (Å²) in [5, 5.41) is 0. The Kier molecular flexibility index (Phi) is 7.07. The van der Waals surface area contributed by atoms with Gasteiger partial charge in [0.15, 0.2) is 6.54 Å². The molecule has 1 aliphatic rings. The van der Waals surface area contributed by atoms with Gasteiger partial charge in [-0.3, -0.25) is 4.79 Å². The molecule has 0 unspecified atom stereocenters. The molecular formula is C27H32N3O2+. The zero-order valence-corrected chi connectivity index (χ0v) is 19.0. The lowest BCUT2D eigenvalue weighted by atomic mass is 10.1. The third-order valence-electron chi connectivity index (χ3n) is 6.10. The number of para-hydroxylation sites is 2. The topological polar surface area (TPSA) is 37.2 Å². The fraction of sp³-hybridized carbons (Fsp3) is 0.296. The number of aryl methyl sites for hydroxylation is 1. The van der Waals surface area contributed by atoms with Crippen LogP contribution in [0.1, 0.15) is 11.1 Å². The van der Waals surface area contributed by atoms with Crippen LogP contribution in [0.3, 0.4) is 0 Å². The van der Waals surface area contributed by atoms with Crippen LogP contribution in [0, 0.1) is 6.92 Å². The fourth-order valence-electron chi connectivity index (χ4n) is 4.33. The van der Waals surface area contributed by atoms with Crippen LogP contribution in [0.4, 0.5) is 11.4 Å². The molecule has 3 aromatic carbocycles. The van der Waals surface area contributed by atoms with Gasteiger partial charge in [0.2, 0.25) is 0 Å². The molecule has 0 saturated carbocycles. The summed E-state index contributed by atoms with van der Waals surface area (Å²) in [6.07, 6.45) is 0. The average Bonchev–Trinajstić information content (AvgIpc) is 2.83. The van der Waals surface area contributed by atoms with Crippen molar-refractivity contribution in [1.29, 1.82) is 0 Å². The molecule has 0 spiro atoms. The van der Waals surface area contributed by atoms with E-state index in [2.05, 4.69) is 42.2 Å². The summed E-state index contributed by atoms with van der Waals surface area (Å²) in [4.78, 5) is 19.1. The highest BCUT2D eigenvalue weighted by atomic mass is 16.5. The predicted molar refractivity (Wildman–Crippen MR) is 130 cm³/mol. The van der Waals surface area contributed by atoms with Gasteiger partial charge in [0, 0.05) is 5.69 Å². The van der Waals surface area contributed by atoms with Crippen LogP contribution in [-0.2, 0) is 11.3 Å². The Hall–Kier alpha value is -3.31. The van der Waals surface area contributed by atoms with E-state index in [4.69, 9.17) is 4.74 Å². The Morgan fingerprint density at radius 1 is 0.969 bits per heavy atom. The number of hydrogen-bond acceptors (Lipinski definition) is 3. The zero-order chi connectivity index (χ0) is 22.3. The van der Waals surface area contributed by atoms with E-state index in [-0.39, 0.29) is 5.91 Å². The van der Waals surface area contributed by atoms with Crippen molar-refractivity contribution in [2.24, 2.45) is 0 Å². The van der Waals surface area contributed by atoms with Crippen LogP contribution in [0.15, 0.2) is 78.9 Å². The summed E-state index contributed by atoms with van der Waals surface area (Å²) in [5.41, 5.74) is 4.39. The van der Waals surface area contributed by atoms with Gasteiger partial charge in [-0.15, -0.1) is 0 Å². The zero-order valence-electron chi connectivity index (χ0n) is 19.0. The molecule has 3 aromatic rings. The summed E-state index contributed by atoms with van der Waals surface area (Å²) in [6.45, 7) is 6.83. The van der Waals surface area contributed by atoms with Crippen molar-refractivity contribution in [3.63, 3.8) is 0 Å². The number of amides is 1. The molecule has 1 amide bonds. The number of nitrogens with one attached hydrogen (secondary N) is 1. The first-order valence-corrected chi connectivity index (χ1v) is 11.3. The van der Waals surface area contributed by atoms with Gasteiger partial charge >= 0.3 is 0 Å². The molecule has 5 heteroatoms. The molecule has 0 bridgehead atoms. The molecule has 1 fully saturated rings. The van der Waals surface area contributed by atoms with Crippen molar-refractivity contribution < 1.29 is 14.4 Å². The van der Waals surface area contributed by atoms with Gasteiger partial charge in [0.05, 0.1) is 45.5 Å². The summed E-state index contributed by atoms with van der Waals surface area (Å²) in [6, 6.07) is 26.6. The molecule has 32 heavy (non-hydrogen) atoms. The Bertz CT molecular complexity index is 1030. The van der Waals surface area contributed by atoms with Gasteiger partial charge in [-0.25, -0.2) is 0 Å². The molecule has 1 aliphatic heterocycles. The Morgan fingerprint density at radius 3 is 2.41 bits per heavy atom. The van der Waals surface area contributed by atoms with E-state index in [0.717, 1.165) is 54.4 Å². The molecule has 166 valence electrons. The number of carbonyl (C=O) groups is 1. The van der Waals surface area contributed by atoms with E-state index in [9.17, 15) is 4.79 Å². The van der Waals surface area contributed by atoms with Crippen molar-refractivity contribution in [3.8, 4) is 5.75 Å². The number of benzene rings is 3. The first-order valence-electron chi connectivity index (χ1n) is 11.3. The van der Waals surface area contributed by atoms with Crippen molar-refractivity contribution in [1.82, 2.24) is 0 Å². The van der Waals surface area contributed by atoms with Crippen LogP contribution >= 0.6 is 0 Å². The second-order valence-corrected chi connectivity index (χ2v) is 8.39. The molecule has 0 atom stereocenters. The second-order valence-electron chi connectivity index (χ2n) is 8.39. The smallest absolute Gasteiger partial charge is 0.282 e. The number of quaternary nitrogens is 1. The van der Waals surface area contributed by atoms with E-state index in [0.29, 0.717) is 13.1 Å². The van der Waals surface area contributed by atoms with Gasteiger partial charge in [-0.1, -0.05) is 54.6 Å². The summed E-state index contributed by atoms with van der Waals surface area (Å²) < 4.78 is 5.53. The van der Waals surface area contributed by atoms with Crippen molar-refractivity contribution in [3.05, 3.63) is 90.0 Å². The highest BCUT2D eigenvalue weighted by Crippen LogP contribution is 2.27. The first kappa shape index (κ1) is 21.9. The van der Waals surface area contributed by atoms with Gasteiger partial charge in [-0.05, 0) is 42.3 Å². The standard InChI is InChI=1S/C27H31N3O2/c1-22-9-8-12-24(19-22)30(20-23-10-4-3-5-11-23)27(31)21-28-15-17-29(18-16-28)25-13-6-7-14-26(25)32-2/h3-14,19H,15-18,20-21H2,1-2H3/p+1. The van der Waals surface area contributed by atoms with Crippen LogP contribution in [0.5, 0.6) is 5.75 Å². The van der Waals surface area contributed by atoms with E-state index in [1.807, 2.05) is 53.4 Å². The molecule has 5 nitrogen and oxygen atoms in total. The maximum Gasteiger partial charge on any atom is 0.282 e. The number of piperazine rings is 1. The number of rotatable bonds is 7. The number of carbonyl (C=O) groups excluding carboxylic acids is 1. The summed E-state index contributed by atoms with van der Waals surface area (Å²) in [5.74, 6) is 1.07. The minimum absolute atomic E-state index is 0.167. The lowest BCUT2D eigenvalue weighted by molar-refractivity contribution is -0.892. The van der Waals surface area contributed by atoms with Crippen LogP contribution in [0.25, 0.3) is 0 Å². The number of anilines is 2. The van der Waals surface area contributed by atoms with Gasteiger partial charge < -0.3 is 19.4 Å². The summed E-state index contributed by atoms with van der Waals surface area (Å²) >= 11 is 0. The van der Waals surface area contributed by atoms with Crippen LogP contribution < -0.4 is 19.4 Å². The molecule has 0 aromatic heterocycles. The van der Waals surface area contributed by atoms with Gasteiger partial charge in [0.25, 0.3) is 5.91 Å². The van der Waals surface area contributed by atoms with Crippen molar-refractivity contribution >= 4 is 17.3 Å². The van der Waals surface area contributed by atoms with Crippen LogP contribution in [-0.4, -0.2) is 45.7 Å². The fourth-order valence-corrected chi connectivity index (χ4v) is 4.33. The highest BCUT2D eigenvalue weighted by molar-refractivity contribution is 5.94. The predicted octanol–water partition coefficient (Wildman–Crippen LogP) is 2.94. The molecule has 4 rings (SSSR count). The lowest BCUT2D eigenvalue weighted by Crippen LogP contribution is -3.16. The second kappa shape index (κ2) is 10.3. The van der Waals surface area contributed by atoms with Gasteiger partial charge in [0.1, 0.15) is 5.75 Å². The third kappa shape index (κ3) is 5.29. The monoisotopic (exact) mass is 430 g/mol. The van der Waals surface area contributed by atoms with E-state index in [1.165, 1.54) is 4.90 Å². The number of ether oxygens (including phenoxy) is 1. The van der Waals surface area contributed by atoms with Crippen molar-refractivity contribution in [2.45, 2.75) is 13.5 Å². The largest absolute Gasteiger partial charge is 0.495 e. The Labute approximate surface area is 190 Å². The SMILES string of the molecule is COc1ccccc1N1CC[NH+](CC(=O)N(Cc2ccccc2)c2cccc(C)c2)CC1. The molecule has 1 N–H and O–H groups in total. The molecular weight excluding hydrogens is 398 g/mol. The van der Waals surface area contributed by atoms with E-state index < -0.39 is 0 Å². The minimum Gasteiger partial charge on any atom is -0.495 e. The van der Waals surface area contributed by atoms with E-state index >= 15 is 0 Å². The minimum atomic E-state index is 0.167. The molecule has 0 aliphatic carbocycles. The Balaban J connectivity index is 1.43. The number of nitrogens with zero attached hydrogens (tertiary/aromatic N) is 2. The molecule has 1 heterocycles. The van der Waals surface area contributed by atoms with Crippen molar-refractivity contribution in [2.75, 3.05) is 49.6 Å². The highest BCUT2D eigenvalue weighted by Gasteiger charge is 2.26. The third-order valence-corrected chi connectivity index (χ3v) is 6.10. The number of hydrogen-bond donors (Lipinski definition) is 1. The summed E-state index contributed by atoms with van der Waals surface area (Å²) in [7, 11) is 1.71. The Morgan fingerprint density at radius 2 is 1.69 bits per heavy atom. The number of methoxy groups -OCH3 is 1. The average molecular weight is 431 g/mol. The maximum absolute atomic E-state index is 13.5. The molecule has 1 saturated heterocycles. The molecule has 0 radical (unpaired) electrons. The normalized spacial score (nSPS) is 14.2.